The van der Waals surface area contributed by atoms with Crippen molar-refractivity contribution in [2.75, 3.05) is 4.90 Å². The lowest BCUT2D eigenvalue weighted by Crippen LogP contribution is -2.60. The van der Waals surface area contributed by atoms with Gasteiger partial charge < -0.3 is 10.1 Å². The summed E-state index contributed by atoms with van der Waals surface area (Å²) in [5.41, 5.74) is -5.01. The molecule has 2 aromatic rings. The SMILES string of the molecule is C[C@@](C(=O)NC1CCC(OC(F)(F)F)CC1)(c1cncnc1)N(C(=O)[C@H](F)Cl)c1ccc(OC(F)(F)F)cc1. The number of alkyl halides is 8. The van der Waals surface area contributed by atoms with Crippen molar-refractivity contribution in [3.8, 4) is 5.75 Å². The maximum Gasteiger partial charge on any atom is 0.573 e. The van der Waals surface area contributed by atoms with Crippen LogP contribution < -0.4 is 15.0 Å². The molecule has 1 aromatic heterocycles. The van der Waals surface area contributed by atoms with Crippen LogP contribution in [0.15, 0.2) is 43.0 Å². The van der Waals surface area contributed by atoms with Crippen LogP contribution in [0.5, 0.6) is 5.75 Å². The molecule has 1 heterocycles. The number of aromatic nitrogens is 2. The number of amides is 2. The van der Waals surface area contributed by atoms with Crippen LogP contribution in [0.2, 0.25) is 0 Å². The molecule has 0 bridgehead atoms. The third kappa shape index (κ3) is 7.91. The van der Waals surface area contributed by atoms with Crippen molar-refractivity contribution < 1.29 is 49.8 Å². The van der Waals surface area contributed by atoms with E-state index >= 15 is 0 Å². The highest BCUT2D eigenvalue weighted by Crippen LogP contribution is 2.37. The average Bonchev–Trinajstić information content (AvgIpc) is 2.84. The molecule has 8 nitrogen and oxygen atoms in total. The molecular weight excluding hydrogens is 565 g/mol. The van der Waals surface area contributed by atoms with Crippen LogP contribution in [0.1, 0.15) is 38.2 Å². The molecule has 0 aliphatic heterocycles. The molecule has 0 spiro atoms. The lowest BCUT2D eigenvalue weighted by molar-refractivity contribution is -0.345. The fraction of sp³-hybridized carbons (Fsp3) is 0.478. The highest BCUT2D eigenvalue weighted by atomic mass is 35.5. The van der Waals surface area contributed by atoms with Gasteiger partial charge in [-0.1, -0.05) is 11.6 Å². The topological polar surface area (TPSA) is 93.6 Å². The molecule has 1 aliphatic rings. The third-order valence-corrected chi connectivity index (χ3v) is 6.24. The Hall–Kier alpha value is -3.20. The summed E-state index contributed by atoms with van der Waals surface area (Å²) in [6.07, 6.45) is -7.27. The van der Waals surface area contributed by atoms with Gasteiger partial charge in [0.15, 0.2) is 5.54 Å². The van der Waals surface area contributed by atoms with Crippen LogP contribution >= 0.6 is 11.6 Å². The van der Waals surface area contributed by atoms with Gasteiger partial charge in [-0.15, -0.1) is 26.3 Å². The highest BCUT2D eigenvalue weighted by Gasteiger charge is 2.48. The van der Waals surface area contributed by atoms with E-state index < -0.39 is 53.6 Å². The number of rotatable bonds is 8. The normalized spacial score (nSPS) is 20.4. The molecule has 0 radical (unpaired) electrons. The second-order valence-electron chi connectivity index (χ2n) is 8.73. The third-order valence-electron chi connectivity index (χ3n) is 6.06. The van der Waals surface area contributed by atoms with E-state index in [9.17, 15) is 40.3 Å². The van der Waals surface area contributed by atoms with E-state index in [2.05, 4.69) is 24.8 Å². The molecule has 39 heavy (non-hydrogen) atoms. The summed E-state index contributed by atoms with van der Waals surface area (Å²) in [5.74, 6) is -2.96. The predicted molar refractivity (Wildman–Crippen MR) is 122 cm³/mol. The summed E-state index contributed by atoms with van der Waals surface area (Å²) in [6.45, 7) is 1.22. The predicted octanol–water partition coefficient (Wildman–Crippen LogP) is 5.12. The molecule has 2 amide bonds. The van der Waals surface area contributed by atoms with Crippen molar-refractivity contribution in [2.24, 2.45) is 0 Å². The van der Waals surface area contributed by atoms with Gasteiger partial charge in [0.05, 0.1) is 6.10 Å². The largest absolute Gasteiger partial charge is 0.573 e. The molecule has 16 heteroatoms. The zero-order valence-corrected chi connectivity index (χ0v) is 20.9. The first-order valence-electron chi connectivity index (χ1n) is 11.4. The average molecular weight is 587 g/mol. The Morgan fingerprint density at radius 1 is 1.00 bits per heavy atom. The number of benzene rings is 1. The number of hydrogen-bond donors (Lipinski definition) is 1. The van der Waals surface area contributed by atoms with Gasteiger partial charge in [-0.05, 0) is 56.9 Å². The Kier molecular flexibility index (Phi) is 9.26. The quantitative estimate of drug-likeness (QED) is 0.341. The summed E-state index contributed by atoms with van der Waals surface area (Å²) in [4.78, 5) is 35.1. The number of halogens is 8. The minimum absolute atomic E-state index is 0.0159. The van der Waals surface area contributed by atoms with E-state index in [0.29, 0.717) is 4.90 Å². The van der Waals surface area contributed by atoms with Crippen LogP contribution in [-0.2, 0) is 19.9 Å². The summed E-state index contributed by atoms with van der Waals surface area (Å²) < 4.78 is 97.5. The second kappa shape index (κ2) is 11.9. The van der Waals surface area contributed by atoms with E-state index in [1.54, 1.807) is 0 Å². The number of ether oxygens (including phenoxy) is 2. The fourth-order valence-corrected chi connectivity index (χ4v) is 4.35. The number of carbonyl (C=O) groups excluding carboxylic acids is 2. The smallest absolute Gasteiger partial charge is 0.406 e. The first-order chi connectivity index (χ1) is 18.1. The maximum atomic E-state index is 14.2. The summed E-state index contributed by atoms with van der Waals surface area (Å²) in [7, 11) is 0. The van der Waals surface area contributed by atoms with Gasteiger partial charge in [0.1, 0.15) is 12.1 Å². The van der Waals surface area contributed by atoms with E-state index in [1.165, 1.54) is 19.3 Å². The highest BCUT2D eigenvalue weighted by molar-refractivity contribution is 6.32. The zero-order valence-electron chi connectivity index (χ0n) is 20.1. The molecule has 3 rings (SSSR count). The summed E-state index contributed by atoms with van der Waals surface area (Å²) >= 11 is 5.45. The molecule has 214 valence electrons. The minimum atomic E-state index is -5.00. The van der Waals surface area contributed by atoms with Gasteiger partial charge in [-0.2, -0.15) is 0 Å². The van der Waals surface area contributed by atoms with E-state index in [1.807, 2.05) is 0 Å². The van der Waals surface area contributed by atoms with Crippen LogP contribution in [0.25, 0.3) is 0 Å². The van der Waals surface area contributed by atoms with Crippen molar-refractivity contribution in [2.45, 2.75) is 68.6 Å². The van der Waals surface area contributed by atoms with E-state index in [4.69, 9.17) is 11.6 Å². The number of anilines is 1. The Bertz CT molecular complexity index is 1130. The molecule has 1 aromatic carbocycles. The van der Waals surface area contributed by atoms with Crippen LogP contribution in [0.3, 0.4) is 0 Å². The molecule has 1 aliphatic carbocycles. The molecular formula is C23H22ClF7N4O4. The molecule has 0 unspecified atom stereocenters. The molecule has 1 saturated carbocycles. The second-order valence-corrected chi connectivity index (χ2v) is 9.11. The standard InChI is InChI=1S/C23H22ClF7N4O4/c1-21(13-10-32-12-33-11-13,20(37)34-14-2-6-16(7-3-14)38-22(26,27)28)35(19(36)18(24)25)15-4-8-17(9-5-15)39-23(29,30)31/h4-5,8-12,14,16,18H,2-3,6-7H2,1H3,(H,34,37)/t14?,16?,18-,21-/m0/s1. The van der Waals surface area contributed by atoms with Crippen molar-refractivity contribution in [3.05, 3.63) is 48.5 Å². The molecule has 1 fully saturated rings. The van der Waals surface area contributed by atoms with Crippen molar-refractivity contribution in [1.29, 1.82) is 0 Å². The number of hydrogen-bond acceptors (Lipinski definition) is 6. The van der Waals surface area contributed by atoms with Crippen LogP contribution in [0.4, 0.5) is 36.4 Å². The summed E-state index contributed by atoms with van der Waals surface area (Å²) in [6, 6.07) is 3.06. The Morgan fingerprint density at radius 3 is 2.05 bits per heavy atom. The van der Waals surface area contributed by atoms with Crippen molar-refractivity contribution >= 4 is 29.1 Å². The van der Waals surface area contributed by atoms with Gasteiger partial charge in [-0.25, -0.2) is 14.4 Å². The van der Waals surface area contributed by atoms with Gasteiger partial charge in [0, 0.05) is 29.7 Å². The molecule has 0 saturated heterocycles. The maximum absolute atomic E-state index is 14.2. The zero-order chi connectivity index (χ0) is 29.0. The minimum Gasteiger partial charge on any atom is -0.406 e. The summed E-state index contributed by atoms with van der Waals surface area (Å²) in [5, 5.41) is 2.66. The number of nitrogens with zero attached hydrogens (tertiary/aromatic N) is 3. The van der Waals surface area contributed by atoms with E-state index in [0.717, 1.165) is 30.6 Å². The monoisotopic (exact) mass is 586 g/mol. The van der Waals surface area contributed by atoms with Crippen LogP contribution in [0, 0.1) is 0 Å². The first-order valence-corrected chi connectivity index (χ1v) is 11.8. The Balaban J connectivity index is 1.95. The van der Waals surface area contributed by atoms with Crippen molar-refractivity contribution in [3.63, 3.8) is 0 Å². The van der Waals surface area contributed by atoms with Crippen molar-refractivity contribution in [1.82, 2.24) is 15.3 Å². The van der Waals surface area contributed by atoms with Gasteiger partial charge in [0.25, 0.3) is 17.4 Å². The van der Waals surface area contributed by atoms with Gasteiger partial charge in [-0.3, -0.25) is 19.2 Å². The lowest BCUT2D eigenvalue weighted by Gasteiger charge is -2.41. The first kappa shape index (κ1) is 30.3. The van der Waals surface area contributed by atoms with Crippen LogP contribution in [-0.4, -0.2) is 52.3 Å². The fourth-order valence-electron chi connectivity index (χ4n) is 4.25. The number of nitrogens with one attached hydrogen (secondary N) is 1. The van der Waals surface area contributed by atoms with Gasteiger partial charge >= 0.3 is 12.7 Å². The van der Waals surface area contributed by atoms with E-state index in [-0.39, 0.29) is 36.9 Å². The molecule has 1 N–H and O–H groups in total. The van der Waals surface area contributed by atoms with Gasteiger partial charge in [0.2, 0.25) is 0 Å². The Morgan fingerprint density at radius 2 is 1.56 bits per heavy atom. The number of carbonyl (C=O) groups is 2. The lowest BCUT2D eigenvalue weighted by atomic mass is 9.87. The molecule has 2 atom stereocenters. The Labute approximate surface area is 222 Å².